The Kier molecular flexibility index (Phi) is 5.05. The summed E-state index contributed by atoms with van der Waals surface area (Å²) < 4.78 is 0. The standard InChI is InChI=1S/C17H15Cl2NO/c1-11-4-3-5-16(12(11)2)20-9-8-17(21)14-7-6-13(18)10-15(14)19/h3-10,20H,1-2H3/b9-8+. The Morgan fingerprint density at radius 2 is 1.90 bits per heavy atom. The monoisotopic (exact) mass is 319 g/mol. The van der Waals surface area contributed by atoms with Crippen LogP contribution in [0.2, 0.25) is 10.0 Å². The molecule has 21 heavy (non-hydrogen) atoms. The third-order valence-electron chi connectivity index (χ3n) is 3.27. The number of hydrogen-bond acceptors (Lipinski definition) is 2. The molecule has 0 unspecified atom stereocenters. The van der Waals surface area contributed by atoms with Crippen molar-refractivity contribution in [2.45, 2.75) is 13.8 Å². The first-order valence-electron chi connectivity index (χ1n) is 6.47. The van der Waals surface area contributed by atoms with E-state index in [-0.39, 0.29) is 5.78 Å². The van der Waals surface area contributed by atoms with Crippen molar-refractivity contribution in [1.29, 1.82) is 0 Å². The van der Waals surface area contributed by atoms with E-state index >= 15 is 0 Å². The van der Waals surface area contributed by atoms with Gasteiger partial charge in [0.25, 0.3) is 0 Å². The summed E-state index contributed by atoms with van der Waals surface area (Å²) in [5.41, 5.74) is 3.75. The van der Waals surface area contributed by atoms with Gasteiger partial charge in [-0.3, -0.25) is 4.79 Å². The van der Waals surface area contributed by atoms with Crippen molar-refractivity contribution in [2.24, 2.45) is 0 Å². The number of rotatable bonds is 4. The Bertz CT molecular complexity index is 708. The molecule has 0 saturated heterocycles. The average molecular weight is 320 g/mol. The van der Waals surface area contributed by atoms with Crippen LogP contribution in [0.15, 0.2) is 48.7 Å². The highest BCUT2D eigenvalue weighted by Gasteiger charge is 2.07. The predicted molar refractivity (Wildman–Crippen MR) is 89.5 cm³/mol. The highest BCUT2D eigenvalue weighted by molar-refractivity contribution is 6.37. The Morgan fingerprint density at radius 3 is 2.62 bits per heavy atom. The zero-order chi connectivity index (χ0) is 15.4. The zero-order valence-electron chi connectivity index (χ0n) is 11.8. The van der Waals surface area contributed by atoms with Gasteiger partial charge in [0.15, 0.2) is 5.78 Å². The van der Waals surface area contributed by atoms with Crippen LogP contribution in [0.4, 0.5) is 5.69 Å². The van der Waals surface area contributed by atoms with Gasteiger partial charge in [0.1, 0.15) is 0 Å². The van der Waals surface area contributed by atoms with E-state index in [4.69, 9.17) is 23.2 Å². The molecule has 0 aromatic heterocycles. The van der Waals surface area contributed by atoms with E-state index in [1.807, 2.05) is 32.0 Å². The van der Waals surface area contributed by atoms with Crippen LogP contribution in [0.3, 0.4) is 0 Å². The molecule has 2 aromatic rings. The van der Waals surface area contributed by atoms with Gasteiger partial charge in [-0.1, -0.05) is 35.3 Å². The fourth-order valence-corrected chi connectivity index (χ4v) is 2.40. The molecule has 0 amide bonds. The molecule has 0 aliphatic rings. The molecule has 0 bridgehead atoms. The highest BCUT2D eigenvalue weighted by atomic mass is 35.5. The van der Waals surface area contributed by atoms with Crippen molar-refractivity contribution in [3.63, 3.8) is 0 Å². The minimum atomic E-state index is -0.172. The number of allylic oxidation sites excluding steroid dienone is 1. The van der Waals surface area contributed by atoms with Crippen molar-refractivity contribution < 1.29 is 4.79 Å². The molecule has 0 fully saturated rings. The van der Waals surface area contributed by atoms with E-state index in [0.717, 1.165) is 11.3 Å². The Balaban J connectivity index is 2.11. The maximum atomic E-state index is 12.1. The molecule has 1 N–H and O–H groups in total. The van der Waals surface area contributed by atoms with Gasteiger partial charge in [-0.05, 0) is 49.2 Å². The number of benzene rings is 2. The zero-order valence-corrected chi connectivity index (χ0v) is 13.3. The van der Waals surface area contributed by atoms with Crippen molar-refractivity contribution in [3.05, 3.63) is 75.4 Å². The summed E-state index contributed by atoms with van der Waals surface area (Å²) in [7, 11) is 0. The third-order valence-corrected chi connectivity index (χ3v) is 3.82. The lowest BCUT2D eigenvalue weighted by atomic mass is 10.1. The van der Waals surface area contributed by atoms with Gasteiger partial charge < -0.3 is 5.32 Å². The molecule has 0 spiro atoms. The summed E-state index contributed by atoms with van der Waals surface area (Å²) >= 11 is 11.8. The number of ketones is 1. The van der Waals surface area contributed by atoms with E-state index in [2.05, 4.69) is 5.32 Å². The molecule has 2 nitrogen and oxygen atoms in total. The van der Waals surface area contributed by atoms with Gasteiger partial charge in [0.2, 0.25) is 0 Å². The smallest absolute Gasteiger partial charge is 0.188 e. The van der Waals surface area contributed by atoms with Crippen LogP contribution in [-0.2, 0) is 0 Å². The number of aryl methyl sites for hydroxylation is 1. The Morgan fingerprint density at radius 1 is 1.14 bits per heavy atom. The lowest BCUT2D eigenvalue weighted by Gasteiger charge is -2.07. The second-order valence-electron chi connectivity index (χ2n) is 4.71. The van der Waals surface area contributed by atoms with Crippen molar-refractivity contribution in [2.75, 3.05) is 5.32 Å². The molecule has 4 heteroatoms. The molecule has 0 aliphatic heterocycles. The maximum Gasteiger partial charge on any atom is 0.188 e. The lowest BCUT2D eigenvalue weighted by molar-refractivity contribution is 0.104. The van der Waals surface area contributed by atoms with Crippen LogP contribution in [0, 0.1) is 13.8 Å². The molecule has 2 aromatic carbocycles. The van der Waals surface area contributed by atoms with Crippen molar-refractivity contribution in [1.82, 2.24) is 0 Å². The number of anilines is 1. The quantitative estimate of drug-likeness (QED) is 0.602. The van der Waals surface area contributed by atoms with Gasteiger partial charge in [0, 0.05) is 28.5 Å². The van der Waals surface area contributed by atoms with E-state index in [9.17, 15) is 4.79 Å². The van der Waals surface area contributed by atoms with E-state index < -0.39 is 0 Å². The topological polar surface area (TPSA) is 29.1 Å². The average Bonchev–Trinajstić information content (AvgIpc) is 2.43. The van der Waals surface area contributed by atoms with Crippen molar-refractivity contribution in [3.8, 4) is 0 Å². The number of carbonyl (C=O) groups excluding carboxylic acids is 1. The molecule has 2 rings (SSSR count). The highest BCUT2D eigenvalue weighted by Crippen LogP contribution is 2.22. The normalized spacial score (nSPS) is 10.9. The van der Waals surface area contributed by atoms with Crippen LogP contribution in [0.25, 0.3) is 0 Å². The van der Waals surface area contributed by atoms with E-state index in [1.165, 1.54) is 11.6 Å². The first-order chi connectivity index (χ1) is 9.99. The number of halogens is 2. The minimum absolute atomic E-state index is 0.172. The molecule has 0 heterocycles. The van der Waals surface area contributed by atoms with E-state index in [0.29, 0.717) is 15.6 Å². The lowest BCUT2D eigenvalue weighted by Crippen LogP contribution is -1.98. The van der Waals surface area contributed by atoms with Crippen LogP contribution >= 0.6 is 23.2 Å². The fourth-order valence-electron chi connectivity index (χ4n) is 1.89. The maximum absolute atomic E-state index is 12.1. The molecule has 0 aliphatic carbocycles. The predicted octanol–water partition coefficient (Wildman–Crippen LogP) is 5.42. The summed E-state index contributed by atoms with van der Waals surface area (Å²) in [6.45, 7) is 4.08. The van der Waals surface area contributed by atoms with Crippen LogP contribution in [-0.4, -0.2) is 5.78 Å². The van der Waals surface area contributed by atoms with Crippen molar-refractivity contribution >= 4 is 34.7 Å². The molecular weight excluding hydrogens is 305 g/mol. The first-order valence-corrected chi connectivity index (χ1v) is 7.23. The summed E-state index contributed by atoms with van der Waals surface area (Å²) in [6, 6.07) is 10.8. The minimum Gasteiger partial charge on any atom is -0.361 e. The molecular formula is C17H15Cl2NO. The molecule has 0 atom stereocenters. The summed E-state index contributed by atoms with van der Waals surface area (Å²) in [5, 5.41) is 3.97. The number of nitrogens with one attached hydrogen (secondary N) is 1. The Hall–Kier alpha value is -1.77. The second-order valence-corrected chi connectivity index (χ2v) is 5.56. The van der Waals surface area contributed by atoms with Gasteiger partial charge in [-0.25, -0.2) is 0 Å². The van der Waals surface area contributed by atoms with Crippen LogP contribution in [0.5, 0.6) is 0 Å². The summed E-state index contributed by atoms with van der Waals surface area (Å²) in [6.07, 6.45) is 3.08. The third kappa shape index (κ3) is 3.87. The molecule has 0 saturated carbocycles. The fraction of sp³-hybridized carbons (Fsp3) is 0.118. The first kappa shape index (κ1) is 15.6. The Labute approximate surface area is 134 Å². The van der Waals surface area contributed by atoms with Gasteiger partial charge in [0.05, 0.1) is 5.02 Å². The molecule has 0 radical (unpaired) electrons. The summed E-state index contributed by atoms with van der Waals surface area (Å²) in [5.74, 6) is -0.172. The molecule has 108 valence electrons. The van der Waals surface area contributed by atoms with Gasteiger partial charge in [-0.2, -0.15) is 0 Å². The van der Waals surface area contributed by atoms with Crippen LogP contribution in [0.1, 0.15) is 21.5 Å². The van der Waals surface area contributed by atoms with Gasteiger partial charge >= 0.3 is 0 Å². The number of hydrogen-bond donors (Lipinski definition) is 1. The van der Waals surface area contributed by atoms with E-state index in [1.54, 1.807) is 24.4 Å². The van der Waals surface area contributed by atoms with Gasteiger partial charge in [-0.15, -0.1) is 0 Å². The second kappa shape index (κ2) is 6.79. The largest absolute Gasteiger partial charge is 0.361 e. The summed E-state index contributed by atoms with van der Waals surface area (Å²) in [4.78, 5) is 12.1. The van der Waals surface area contributed by atoms with Crippen LogP contribution < -0.4 is 5.32 Å². The number of carbonyl (C=O) groups is 1. The SMILES string of the molecule is Cc1cccc(N/C=C/C(=O)c2ccc(Cl)cc2Cl)c1C.